The zero-order chi connectivity index (χ0) is 13.6. The number of ether oxygens (including phenoxy) is 1. The summed E-state index contributed by atoms with van der Waals surface area (Å²) < 4.78 is 11.1. The van der Waals surface area contributed by atoms with E-state index in [9.17, 15) is 9.59 Å². The maximum Gasteiger partial charge on any atom is 0.325 e. The van der Waals surface area contributed by atoms with Crippen LogP contribution in [-0.2, 0) is 14.9 Å². The van der Waals surface area contributed by atoms with E-state index < -0.39 is 0 Å². The van der Waals surface area contributed by atoms with Gasteiger partial charge in [0.25, 0.3) is 5.91 Å². The Labute approximate surface area is 119 Å². The van der Waals surface area contributed by atoms with E-state index in [1.54, 1.807) is 17.9 Å². The molecule has 102 valence electrons. The molecule has 1 amide bonds. The van der Waals surface area contributed by atoms with Crippen molar-refractivity contribution in [2.75, 3.05) is 19.7 Å². The Morgan fingerprint density at radius 2 is 2.32 bits per heavy atom. The molecule has 19 heavy (non-hydrogen) atoms. The number of carbonyl (C=O) groups is 2. The second-order valence-corrected chi connectivity index (χ2v) is 5.82. The third-order valence-corrected chi connectivity index (χ3v) is 4.06. The lowest BCUT2D eigenvalue weighted by atomic mass is 9.94. The molecule has 0 atom stereocenters. The highest BCUT2D eigenvalue weighted by Gasteiger charge is 2.54. The van der Waals surface area contributed by atoms with E-state index in [-0.39, 0.29) is 23.8 Å². The summed E-state index contributed by atoms with van der Waals surface area (Å²) in [6.45, 7) is 2.63. The van der Waals surface area contributed by atoms with Gasteiger partial charge >= 0.3 is 5.97 Å². The third-order valence-electron chi connectivity index (χ3n) is 3.67. The number of amides is 1. The molecule has 5 nitrogen and oxygen atoms in total. The predicted molar refractivity (Wildman–Crippen MR) is 69.9 cm³/mol. The number of esters is 1. The third kappa shape index (κ3) is 2.08. The highest BCUT2D eigenvalue weighted by atomic mass is 79.9. The van der Waals surface area contributed by atoms with Crippen LogP contribution in [0.3, 0.4) is 0 Å². The minimum atomic E-state index is -0.363. The van der Waals surface area contributed by atoms with Crippen LogP contribution in [0, 0.1) is 0 Å². The molecule has 1 saturated carbocycles. The Morgan fingerprint density at radius 1 is 1.58 bits per heavy atom. The Kier molecular flexibility index (Phi) is 2.92. The van der Waals surface area contributed by atoms with Gasteiger partial charge in [-0.1, -0.05) is 0 Å². The first kappa shape index (κ1) is 12.7. The topological polar surface area (TPSA) is 59.8 Å². The molecule has 0 radical (unpaired) electrons. The average Bonchev–Trinajstić information content (AvgIpc) is 3.00. The second kappa shape index (κ2) is 4.37. The first-order valence-corrected chi connectivity index (χ1v) is 7.10. The van der Waals surface area contributed by atoms with Gasteiger partial charge in [-0.05, 0) is 35.7 Å². The van der Waals surface area contributed by atoms with Gasteiger partial charge in [-0.25, -0.2) is 0 Å². The van der Waals surface area contributed by atoms with Gasteiger partial charge in [-0.3, -0.25) is 9.59 Å². The number of carbonyl (C=O) groups excluding carboxylic acids is 2. The lowest BCUT2D eigenvalue weighted by Gasteiger charge is -2.30. The second-order valence-electron chi connectivity index (χ2n) is 5.04. The van der Waals surface area contributed by atoms with Gasteiger partial charge in [0.1, 0.15) is 12.3 Å². The monoisotopic (exact) mass is 327 g/mol. The van der Waals surface area contributed by atoms with Crippen LogP contribution in [0.25, 0.3) is 0 Å². The van der Waals surface area contributed by atoms with E-state index in [1.807, 2.05) is 0 Å². The first-order valence-electron chi connectivity index (χ1n) is 6.30. The molecule has 2 heterocycles. The van der Waals surface area contributed by atoms with Crippen molar-refractivity contribution < 1.29 is 18.7 Å². The maximum atomic E-state index is 12.3. The van der Waals surface area contributed by atoms with E-state index in [4.69, 9.17) is 9.15 Å². The number of fused-ring (bicyclic) bond motifs is 2. The fourth-order valence-electron chi connectivity index (χ4n) is 2.62. The number of rotatable bonds is 3. The minimum absolute atomic E-state index is 0.0106. The van der Waals surface area contributed by atoms with E-state index in [0.29, 0.717) is 23.4 Å². The molecular weight excluding hydrogens is 314 g/mol. The molecule has 0 N–H and O–H groups in total. The zero-order valence-corrected chi connectivity index (χ0v) is 12.2. The molecule has 0 unspecified atom stereocenters. The number of halogens is 1. The van der Waals surface area contributed by atoms with E-state index in [2.05, 4.69) is 15.9 Å². The summed E-state index contributed by atoms with van der Waals surface area (Å²) in [5, 5.41) is 0. The molecule has 1 aliphatic carbocycles. The molecular formula is C13H14BrNO4. The predicted octanol–water partition coefficient (Wildman–Crippen LogP) is 2.09. The number of nitrogens with zero attached hydrogens (tertiary/aromatic N) is 1. The number of hydrogen-bond donors (Lipinski definition) is 0. The Bertz CT molecular complexity index is 547. The SMILES string of the molecule is CCOC(=O)CN1CC2(CC2)c2oc(Br)cc2C1=O. The van der Waals surface area contributed by atoms with Crippen molar-refractivity contribution >= 4 is 27.8 Å². The van der Waals surface area contributed by atoms with E-state index in [1.165, 1.54) is 0 Å². The lowest BCUT2D eigenvalue weighted by molar-refractivity contribution is -0.144. The van der Waals surface area contributed by atoms with Crippen LogP contribution < -0.4 is 0 Å². The summed E-state index contributed by atoms with van der Waals surface area (Å²) in [6, 6.07) is 1.69. The summed E-state index contributed by atoms with van der Waals surface area (Å²) in [5.74, 6) is 0.247. The number of furan rings is 1. The van der Waals surface area contributed by atoms with E-state index in [0.717, 1.165) is 18.6 Å². The van der Waals surface area contributed by atoms with Crippen LogP contribution in [0.5, 0.6) is 0 Å². The van der Waals surface area contributed by atoms with Gasteiger partial charge < -0.3 is 14.1 Å². The van der Waals surface area contributed by atoms with Gasteiger partial charge in [0.2, 0.25) is 0 Å². The molecule has 0 aromatic carbocycles. The highest BCUT2D eigenvalue weighted by Crippen LogP contribution is 2.53. The van der Waals surface area contributed by atoms with Gasteiger partial charge in [0, 0.05) is 18.0 Å². The van der Waals surface area contributed by atoms with Crippen molar-refractivity contribution in [3.05, 3.63) is 22.1 Å². The molecule has 1 aromatic rings. The van der Waals surface area contributed by atoms with Crippen molar-refractivity contribution in [3.63, 3.8) is 0 Å². The zero-order valence-electron chi connectivity index (χ0n) is 10.6. The summed E-state index contributed by atoms with van der Waals surface area (Å²) >= 11 is 3.27. The van der Waals surface area contributed by atoms with Crippen molar-refractivity contribution in [2.45, 2.75) is 25.2 Å². The van der Waals surface area contributed by atoms with Gasteiger partial charge in [-0.15, -0.1) is 0 Å². The van der Waals surface area contributed by atoms with Crippen LogP contribution in [0.1, 0.15) is 35.9 Å². The van der Waals surface area contributed by atoms with Crippen molar-refractivity contribution in [1.29, 1.82) is 0 Å². The normalized spacial score (nSPS) is 19.5. The van der Waals surface area contributed by atoms with Crippen molar-refractivity contribution in [3.8, 4) is 0 Å². The van der Waals surface area contributed by atoms with Crippen LogP contribution in [0.4, 0.5) is 0 Å². The molecule has 2 aliphatic rings. The summed E-state index contributed by atoms with van der Waals surface area (Å²) in [5.41, 5.74) is 0.488. The van der Waals surface area contributed by atoms with Crippen LogP contribution in [0.15, 0.2) is 15.2 Å². The first-order chi connectivity index (χ1) is 9.05. The Morgan fingerprint density at radius 3 is 2.95 bits per heavy atom. The van der Waals surface area contributed by atoms with Crippen molar-refractivity contribution in [1.82, 2.24) is 4.90 Å². The smallest absolute Gasteiger partial charge is 0.325 e. The summed E-state index contributed by atoms with van der Waals surface area (Å²) in [4.78, 5) is 25.4. The van der Waals surface area contributed by atoms with E-state index >= 15 is 0 Å². The molecule has 6 heteroatoms. The molecule has 1 aliphatic heterocycles. The Hall–Kier alpha value is -1.30. The lowest BCUT2D eigenvalue weighted by Crippen LogP contribution is -2.45. The van der Waals surface area contributed by atoms with Gasteiger partial charge in [0.05, 0.1) is 12.2 Å². The molecule has 3 rings (SSSR count). The molecule has 1 aromatic heterocycles. The average molecular weight is 328 g/mol. The van der Waals surface area contributed by atoms with Crippen LogP contribution in [0.2, 0.25) is 0 Å². The van der Waals surface area contributed by atoms with Crippen LogP contribution in [-0.4, -0.2) is 36.5 Å². The molecule has 0 saturated heterocycles. The standard InChI is InChI=1S/C13H14BrNO4/c1-2-18-10(16)6-15-7-13(3-4-13)11-8(12(15)17)5-9(14)19-11/h5H,2-4,6-7H2,1H3. The van der Waals surface area contributed by atoms with Crippen molar-refractivity contribution in [2.24, 2.45) is 0 Å². The fraction of sp³-hybridized carbons (Fsp3) is 0.538. The minimum Gasteiger partial charge on any atom is -0.465 e. The van der Waals surface area contributed by atoms with Gasteiger partial charge in [0.15, 0.2) is 4.67 Å². The highest BCUT2D eigenvalue weighted by molar-refractivity contribution is 9.10. The molecule has 1 fully saturated rings. The number of hydrogen-bond acceptors (Lipinski definition) is 4. The van der Waals surface area contributed by atoms with Gasteiger partial charge in [-0.2, -0.15) is 0 Å². The van der Waals surface area contributed by atoms with Crippen LogP contribution >= 0.6 is 15.9 Å². The largest absolute Gasteiger partial charge is 0.465 e. The summed E-state index contributed by atoms with van der Waals surface area (Å²) in [6.07, 6.45) is 1.99. The summed E-state index contributed by atoms with van der Waals surface area (Å²) in [7, 11) is 0. The quantitative estimate of drug-likeness (QED) is 0.797. The molecule has 0 bridgehead atoms. The fourth-order valence-corrected chi connectivity index (χ4v) is 3.01. The Balaban J connectivity index is 1.87. The molecule has 1 spiro atoms. The maximum absolute atomic E-state index is 12.3.